The van der Waals surface area contributed by atoms with Crippen molar-refractivity contribution in [2.45, 2.75) is 64.7 Å². The van der Waals surface area contributed by atoms with Gasteiger partial charge in [0.2, 0.25) is 0 Å². The van der Waals surface area contributed by atoms with Crippen molar-refractivity contribution in [1.82, 2.24) is 0 Å². The Hall–Kier alpha value is -0.250. The van der Waals surface area contributed by atoms with Crippen LogP contribution >= 0.6 is 0 Å². The lowest BCUT2D eigenvalue weighted by molar-refractivity contribution is -0.137. The van der Waals surface area contributed by atoms with Crippen LogP contribution in [-0.2, 0) is 0 Å². The Labute approximate surface area is 95.0 Å². The maximum atomic E-state index is 12.0. The van der Waals surface area contributed by atoms with Gasteiger partial charge in [0.1, 0.15) is 0 Å². The first-order valence-electron chi connectivity index (χ1n) is 5.97. The fourth-order valence-electron chi connectivity index (χ4n) is 2.78. The van der Waals surface area contributed by atoms with Gasteiger partial charge in [-0.2, -0.15) is 13.2 Å². The predicted molar refractivity (Wildman–Crippen MR) is 57.0 cm³/mol. The fourth-order valence-corrected chi connectivity index (χ4v) is 2.78. The molecule has 0 aromatic rings. The average Bonchev–Trinajstić information content (AvgIpc) is 2.42. The van der Waals surface area contributed by atoms with Crippen molar-refractivity contribution in [3.63, 3.8) is 0 Å². The lowest BCUT2D eigenvalue weighted by Crippen LogP contribution is -2.29. The van der Waals surface area contributed by atoms with Crippen LogP contribution in [-0.4, -0.2) is 17.4 Å². The third-order valence-electron chi connectivity index (χ3n) is 3.76. The molecule has 0 saturated heterocycles. The van der Waals surface area contributed by atoms with Crippen molar-refractivity contribution >= 4 is 0 Å². The van der Waals surface area contributed by atoms with Crippen LogP contribution in [0, 0.1) is 11.3 Å². The second-order valence-corrected chi connectivity index (χ2v) is 5.56. The molecule has 0 heterocycles. The largest absolute Gasteiger partial charge is 0.393 e. The van der Waals surface area contributed by atoms with Crippen molar-refractivity contribution in [3.8, 4) is 0 Å². The zero-order valence-corrected chi connectivity index (χ0v) is 9.98. The Morgan fingerprint density at radius 2 is 2.00 bits per heavy atom. The van der Waals surface area contributed by atoms with Crippen LogP contribution in [0.25, 0.3) is 0 Å². The number of hydrogen-bond donors (Lipinski definition) is 1. The molecule has 4 heteroatoms. The van der Waals surface area contributed by atoms with E-state index in [0.717, 1.165) is 19.3 Å². The fraction of sp³-hybridized carbons (Fsp3) is 1.00. The van der Waals surface area contributed by atoms with E-state index in [-0.39, 0.29) is 24.2 Å². The van der Waals surface area contributed by atoms with E-state index < -0.39 is 18.7 Å². The van der Waals surface area contributed by atoms with E-state index >= 15 is 0 Å². The molecule has 16 heavy (non-hydrogen) atoms. The van der Waals surface area contributed by atoms with E-state index in [2.05, 4.69) is 13.8 Å². The van der Waals surface area contributed by atoms with E-state index in [4.69, 9.17) is 0 Å². The summed E-state index contributed by atoms with van der Waals surface area (Å²) >= 11 is 0. The number of alkyl halides is 3. The first-order valence-corrected chi connectivity index (χ1v) is 5.97. The number of rotatable bonds is 4. The van der Waals surface area contributed by atoms with Crippen molar-refractivity contribution in [2.75, 3.05) is 0 Å². The van der Waals surface area contributed by atoms with E-state index in [1.54, 1.807) is 0 Å². The minimum absolute atomic E-state index is 0.0389. The molecule has 0 spiro atoms. The Morgan fingerprint density at radius 1 is 1.38 bits per heavy atom. The third kappa shape index (κ3) is 3.96. The van der Waals surface area contributed by atoms with Crippen molar-refractivity contribution in [3.05, 3.63) is 0 Å². The maximum Gasteiger partial charge on any atom is 0.389 e. The predicted octanol–water partition coefficient (Wildman–Crippen LogP) is 3.91. The molecule has 1 rings (SSSR count). The first-order chi connectivity index (χ1) is 7.22. The van der Waals surface area contributed by atoms with Gasteiger partial charge in [-0.25, -0.2) is 0 Å². The third-order valence-corrected chi connectivity index (χ3v) is 3.76. The molecule has 1 nitrogen and oxygen atoms in total. The van der Waals surface area contributed by atoms with Gasteiger partial charge in [-0.3, -0.25) is 0 Å². The summed E-state index contributed by atoms with van der Waals surface area (Å²) in [5.74, 6) is 0.167. The normalized spacial score (nSPS) is 27.0. The van der Waals surface area contributed by atoms with Crippen molar-refractivity contribution in [2.24, 2.45) is 11.3 Å². The van der Waals surface area contributed by atoms with E-state index in [0.29, 0.717) is 0 Å². The van der Waals surface area contributed by atoms with Gasteiger partial charge in [-0.1, -0.05) is 20.3 Å². The molecule has 2 unspecified atom stereocenters. The van der Waals surface area contributed by atoms with Crippen molar-refractivity contribution < 1.29 is 18.3 Å². The molecule has 0 aromatic carbocycles. The quantitative estimate of drug-likeness (QED) is 0.787. The standard InChI is InChI=1S/C12H21F3O/c1-11(2)7-3-5-9(11)10(16)6-4-8-12(13,14)15/h9-10,16H,3-8H2,1-2H3. The molecule has 0 radical (unpaired) electrons. The molecule has 0 bridgehead atoms. The monoisotopic (exact) mass is 238 g/mol. The maximum absolute atomic E-state index is 12.0. The van der Waals surface area contributed by atoms with Crippen LogP contribution in [0.3, 0.4) is 0 Å². The summed E-state index contributed by atoms with van der Waals surface area (Å²) in [5.41, 5.74) is 0.0810. The highest BCUT2D eigenvalue weighted by molar-refractivity contribution is 4.88. The van der Waals surface area contributed by atoms with Crippen LogP contribution in [0.2, 0.25) is 0 Å². The minimum Gasteiger partial charge on any atom is -0.393 e. The lowest BCUT2D eigenvalue weighted by atomic mass is 9.77. The molecule has 96 valence electrons. The van der Waals surface area contributed by atoms with E-state index in [1.165, 1.54) is 0 Å². The number of halogens is 3. The molecule has 2 atom stereocenters. The highest BCUT2D eigenvalue weighted by atomic mass is 19.4. The molecule has 1 aliphatic rings. The Balaban J connectivity index is 2.33. The zero-order chi connectivity index (χ0) is 12.4. The van der Waals surface area contributed by atoms with Crippen LogP contribution in [0.4, 0.5) is 13.2 Å². The summed E-state index contributed by atoms with van der Waals surface area (Å²) in [4.78, 5) is 0. The van der Waals surface area contributed by atoms with Gasteiger partial charge in [0.05, 0.1) is 6.10 Å². The van der Waals surface area contributed by atoms with Gasteiger partial charge in [0.25, 0.3) is 0 Å². The Bertz CT molecular complexity index is 223. The van der Waals surface area contributed by atoms with Crippen LogP contribution in [0.15, 0.2) is 0 Å². The van der Waals surface area contributed by atoms with Crippen LogP contribution in [0.1, 0.15) is 52.4 Å². The molecule has 0 aromatic heterocycles. The molecule has 1 fully saturated rings. The average molecular weight is 238 g/mol. The molecular weight excluding hydrogens is 217 g/mol. The Kier molecular flexibility index (Phi) is 4.27. The van der Waals surface area contributed by atoms with Gasteiger partial charge in [0, 0.05) is 6.42 Å². The van der Waals surface area contributed by atoms with Gasteiger partial charge >= 0.3 is 6.18 Å². The summed E-state index contributed by atoms with van der Waals surface area (Å²) in [6.07, 6.45) is -2.05. The van der Waals surface area contributed by atoms with Gasteiger partial charge in [-0.15, -0.1) is 0 Å². The van der Waals surface area contributed by atoms with E-state index in [1.807, 2.05) is 0 Å². The Morgan fingerprint density at radius 3 is 2.44 bits per heavy atom. The first kappa shape index (κ1) is 13.8. The molecule has 1 saturated carbocycles. The summed E-state index contributed by atoms with van der Waals surface area (Å²) in [5, 5.41) is 9.91. The lowest BCUT2D eigenvalue weighted by Gasteiger charge is -2.31. The zero-order valence-electron chi connectivity index (χ0n) is 9.98. The smallest absolute Gasteiger partial charge is 0.389 e. The van der Waals surface area contributed by atoms with Gasteiger partial charge in [0.15, 0.2) is 0 Å². The SMILES string of the molecule is CC1(C)CCCC1C(O)CCCC(F)(F)F. The number of hydrogen-bond acceptors (Lipinski definition) is 1. The molecular formula is C12H21F3O. The second-order valence-electron chi connectivity index (χ2n) is 5.56. The van der Waals surface area contributed by atoms with E-state index in [9.17, 15) is 18.3 Å². The second kappa shape index (κ2) is 4.94. The summed E-state index contributed by atoms with van der Waals surface area (Å²) in [6, 6.07) is 0. The van der Waals surface area contributed by atoms with Crippen LogP contribution < -0.4 is 0 Å². The highest BCUT2D eigenvalue weighted by Gasteiger charge is 2.39. The molecule has 0 amide bonds. The summed E-state index contributed by atoms with van der Waals surface area (Å²) in [6.45, 7) is 4.19. The van der Waals surface area contributed by atoms with Gasteiger partial charge < -0.3 is 5.11 Å². The molecule has 1 aliphatic carbocycles. The highest BCUT2D eigenvalue weighted by Crippen LogP contribution is 2.45. The minimum atomic E-state index is -4.09. The molecule has 1 N–H and O–H groups in total. The van der Waals surface area contributed by atoms with Crippen LogP contribution in [0.5, 0.6) is 0 Å². The summed E-state index contributed by atoms with van der Waals surface area (Å²) < 4.78 is 35.9. The van der Waals surface area contributed by atoms with Crippen molar-refractivity contribution in [1.29, 1.82) is 0 Å². The number of aliphatic hydroxyl groups excluding tert-OH is 1. The van der Waals surface area contributed by atoms with Gasteiger partial charge in [-0.05, 0) is 37.0 Å². The summed E-state index contributed by atoms with van der Waals surface area (Å²) in [7, 11) is 0. The molecule has 0 aliphatic heterocycles. The number of aliphatic hydroxyl groups is 1. The topological polar surface area (TPSA) is 20.2 Å².